The lowest BCUT2D eigenvalue weighted by Crippen LogP contribution is -2.35. The molecule has 8 heteroatoms. The minimum absolute atomic E-state index is 0.00575. The largest absolute Gasteiger partial charge is 0.241 e. The number of rotatable bonds is 4. The van der Waals surface area contributed by atoms with Gasteiger partial charge in [-0.3, -0.25) is 0 Å². The van der Waals surface area contributed by atoms with Gasteiger partial charge in [-0.25, -0.2) is 18.3 Å². The molecule has 1 aliphatic rings. The van der Waals surface area contributed by atoms with Crippen molar-refractivity contribution < 1.29 is 8.42 Å². The number of sulfonamides is 1. The normalized spacial score (nSPS) is 19.9. The van der Waals surface area contributed by atoms with E-state index in [1.165, 1.54) is 10.5 Å². The maximum Gasteiger partial charge on any atom is 0.220 e. The number of nitrogens with zero attached hydrogens (tertiary/aromatic N) is 3. The number of aromatic amines is 1. The Morgan fingerprint density at radius 3 is 2.76 bits per heavy atom. The highest BCUT2D eigenvalue weighted by Gasteiger charge is 2.35. The number of H-pyrrole nitrogens is 1. The van der Waals surface area contributed by atoms with Gasteiger partial charge in [0.05, 0.1) is 11.9 Å². The fourth-order valence-electron chi connectivity index (χ4n) is 2.64. The maximum absolute atomic E-state index is 12.7. The highest BCUT2D eigenvalue weighted by molar-refractivity contribution is 7.88. The molecular formula is C13H16N4O2S2. The van der Waals surface area contributed by atoms with Crippen LogP contribution in [0.15, 0.2) is 36.5 Å². The van der Waals surface area contributed by atoms with Crippen LogP contribution in [0.5, 0.6) is 0 Å². The molecule has 0 bridgehead atoms. The van der Waals surface area contributed by atoms with Crippen LogP contribution in [0.2, 0.25) is 0 Å². The van der Waals surface area contributed by atoms with Crippen molar-refractivity contribution in [3.05, 3.63) is 46.7 Å². The summed E-state index contributed by atoms with van der Waals surface area (Å²) in [7, 11) is -3.39. The average molecular weight is 324 g/mol. The molecule has 1 fully saturated rings. The molecule has 3 rings (SSSR count). The van der Waals surface area contributed by atoms with E-state index in [1.54, 1.807) is 4.68 Å². The molecule has 21 heavy (non-hydrogen) atoms. The van der Waals surface area contributed by atoms with Crippen LogP contribution in [0.1, 0.15) is 24.6 Å². The third kappa shape index (κ3) is 2.92. The first-order valence-electron chi connectivity index (χ1n) is 6.73. The number of aromatic nitrogens is 3. The second-order valence-electron chi connectivity index (χ2n) is 5.04. The van der Waals surface area contributed by atoms with E-state index in [4.69, 9.17) is 12.2 Å². The van der Waals surface area contributed by atoms with Crippen LogP contribution in [0.4, 0.5) is 0 Å². The molecule has 0 aliphatic carbocycles. The molecule has 6 nitrogen and oxygen atoms in total. The Morgan fingerprint density at radius 2 is 2.10 bits per heavy atom. The summed E-state index contributed by atoms with van der Waals surface area (Å²) in [6.07, 6.45) is 2.79. The van der Waals surface area contributed by atoms with E-state index in [9.17, 15) is 8.42 Å². The van der Waals surface area contributed by atoms with Crippen LogP contribution in [0.25, 0.3) is 0 Å². The number of hydrogen-bond acceptors (Lipinski definition) is 4. The summed E-state index contributed by atoms with van der Waals surface area (Å²) in [6, 6.07) is 9.21. The van der Waals surface area contributed by atoms with Gasteiger partial charge in [-0.2, -0.15) is 9.40 Å². The molecule has 2 heterocycles. The van der Waals surface area contributed by atoms with Crippen LogP contribution in [0, 0.1) is 4.64 Å². The standard InChI is InChI=1S/C13H16N4O2S2/c18-21(19,10-11-5-2-1-3-6-11)16-8-4-7-12(16)17-13(20)9-14-15-17/h1-3,5-6,9,12,15H,4,7-8,10H2. The van der Waals surface area contributed by atoms with Gasteiger partial charge in [0, 0.05) is 6.54 Å². The summed E-state index contributed by atoms with van der Waals surface area (Å²) in [6.45, 7) is 0.515. The van der Waals surface area contributed by atoms with Gasteiger partial charge in [0.2, 0.25) is 10.0 Å². The molecule has 1 unspecified atom stereocenters. The van der Waals surface area contributed by atoms with Crippen LogP contribution in [0.3, 0.4) is 0 Å². The van der Waals surface area contributed by atoms with E-state index < -0.39 is 10.0 Å². The molecule has 1 aliphatic heterocycles. The van der Waals surface area contributed by atoms with Crippen molar-refractivity contribution >= 4 is 22.2 Å². The van der Waals surface area contributed by atoms with E-state index in [2.05, 4.69) is 10.3 Å². The van der Waals surface area contributed by atoms with Crippen molar-refractivity contribution in [3.8, 4) is 0 Å². The lowest BCUT2D eigenvalue weighted by molar-refractivity contribution is 0.279. The smallest absolute Gasteiger partial charge is 0.220 e. The molecule has 2 aromatic rings. The summed E-state index contributed by atoms with van der Waals surface area (Å²) in [5.41, 5.74) is 0.788. The molecule has 112 valence electrons. The van der Waals surface area contributed by atoms with Gasteiger partial charge >= 0.3 is 0 Å². The summed E-state index contributed by atoms with van der Waals surface area (Å²) < 4.78 is 29.0. The minimum Gasteiger partial charge on any atom is -0.241 e. The fraction of sp³-hybridized carbons (Fsp3) is 0.385. The highest BCUT2D eigenvalue weighted by atomic mass is 32.2. The van der Waals surface area contributed by atoms with Crippen molar-refractivity contribution in [2.24, 2.45) is 0 Å². The summed E-state index contributed by atoms with van der Waals surface area (Å²) in [5, 5.41) is 6.65. The van der Waals surface area contributed by atoms with Crippen molar-refractivity contribution in [1.82, 2.24) is 19.3 Å². The molecule has 0 spiro atoms. The fourth-order valence-corrected chi connectivity index (χ4v) is 4.62. The van der Waals surface area contributed by atoms with Gasteiger partial charge in [-0.1, -0.05) is 42.5 Å². The second-order valence-corrected chi connectivity index (χ2v) is 7.38. The molecule has 1 saturated heterocycles. The Balaban J connectivity index is 1.88. The first kappa shape index (κ1) is 14.4. The Kier molecular flexibility index (Phi) is 3.92. The maximum atomic E-state index is 12.7. The zero-order valence-electron chi connectivity index (χ0n) is 11.3. The summed E-state index contributed by atoms with van der Waals surface area (Å²) in [5.74, 6) is 0.00575. The Morgan fingerprint density at radius 1 is 1.33 bits per heavy atom. The zero-order chi connectivity index (χ0) is 14.9. The van der Waals surface area contributed by atoms with Crippen LogP contribution in [-0.2, 0) is 15.8 Å². The van der Waals surface area contributed by atoms with Gasteiger partial charge in [-0.15, -0.1) is 0 Å². The number of nitrogens with one attached hydrogen (secondary N) is 1. The molecule has 0 amide bonds. The molecule has 0 radical (unpaired) electrons. The van der Waals surface area contributed by atoms with Crippen molar-refractivity contribution in [1.29, 1.82) is 0 Å². The predicted octanol–water partition coefficient (Wildman–Crippen LogP) is 2.07. The van der Waals surface area contributed by atoms with E-state index >= 15 is 0 Å². The Labute approximate surface area is 128 Å². The number of benzene rings is 1. The highest BCUT2D eigenvalue weighted by Crippen LogP contribution is 2.30. The summed E-state index contributed by atoms with van der Waals surface area (Å²) in [4.78, 5) is 0. The van der Waals surface area contributed by atoms with Gasteiger partial charge in [-0.05, 0) is 18.4 Å². The molecular weight excluding hydrogens is 308 g/mol. The van der Waals surface area contributed by atoms with Gasteiger partial charge in [0.15, 0.2) is 0 Å². The third-order valence-electron chi connectivity index (χ3n) is 3.60. The van der Waals surface area contributed by atoms with Crippen LogP contribution < -0.4 is 0 Å². The van der Waals surface area contributed by atoms with Crippen molar-refractivity contribution in [3.63, 3.8) is 0 Å². The zero-order valence-corrected chi connectivity index (χ0v) is 13.0. The SMILES string of the molecule is O=S(=O)(Cc1ccccc1)N1CCCC1n1[nH]ncc1=S. The lowest BCUT2D eigenvalue weighted by Gasteiger charge is -2.24. The van der Waals surface area contributed by atoms with Gasteiger partial charge in [0.1, 0.15) is 10.8 Å². The average Bonchev–Trinajstić information content (AvgIpc) is 3.07. The predicted molar refractivity (Wildman–Crippen MR) is 81.5 cm³/mol. The number of hydrogen-bond donors (Lipinski definition) is 1. The van der Waals surface area contributed by atoms with E-state index in [0.29, 0.717) is 11.2 Å². The molecule has 1 N–H and O–H groups in total. The molecule has 0 saturated carbocycles. The van der Waals surface area contributed by atoms with Crippen LogP contribution >= 0.6 is 12.2 Å². The van der Waals surface area contributed by atoms with E-state index in [-0.39, 0.29) is 11.9 Å². The van der Waals surface area contributed by atoms with E-state index in [1.807, 2.05) is 30.3 Å². The molecule has 1 aromatic carbocycles. The quantitative estimate of drug-likeness (QED) is 0.874. The third-order valence-corrected chi connectivity index (χ3v) is 5.74. The Bertz CT molecular complexity index is 767. The first-order chi connectivity index (χ1) is 10.1. The van der Waals surface area contributed by atoms with Crippen molar-refractivity contribution in [2.75, 3.05) is 6.54 Å². The van der Waals surface area contributed by atoms with Gasteiger partial charge < -0.3 is 0 Å². The van der Waals surface area contributed by atoms with E-state index in [0.717, 1.165) is 18.4 Å². The Hall–Kier alpha value is -1.51. The first-order valence-corrected chi connectivity index (χ1v) is 8.75. The topological polar surface area (TPSA) is 71.0 Å². The monoisotopic (exact) mass is 324 g/mol. The molecule has 1 atom stereocenters. The second kappa shape index (κ2) is 5.70. The molecule has 1 aromatic heterocycles. The van der Waals surface area contributed by atoms with Gasteiger partial charge in [0.25, 0.3) is 0 Å². The summed E-state index contributed by atoms with van der Waals surface area (Å²) >= 11 is 5.18. The minimum atomic E-state index is -3.39. The van der Waals surface area contributed by atoms with Crippen molar-refractivity contribution in [2.45, 2.75) is 24.8 Å². The lowest BCUT2D eigenvalue weighted by atomic mass is 10.2. The van der Waals surface area contributed by atoms with Crippen LogP contribution in [-0.4, -0.2) is 34.3 Å².